The summed E-state index contributed by atoms with van der Waals surface area (Å²) in [5, 5.41) is 5.62. The highest BCUT2D eigenvalue weighted by atomic mass is 79.9. The molecule has 0 saturated carbocycles. The monoisotopic (exact) mass is 496 g/mol. The second-order valence-corrected chi connectivity index (χ2v) is 9.91. The summed E-state index contributed by atoms with van der Waals surface area (Å²) in [4.78, 5) is 14.5. The van der Waals surface area contributed by atoms with Gasteiger partial charge in [0, 0.05) is 41.9 Å². The van der Waals surface area contributed by atoms with E-state index in [1.54, 1.807) is 36.4 Å². The van der Waals surface area contributed by atoms with Crippen LogP contribution in [0.2, 0.25) is 0 Å². The van der Waals surface area contributed by atoms with Gasteiger partial charge in [-0.25, -0.2) is 8.42 Å². The van der Waals surface area contributed by atoms with E-state index in [-0.39, 0.29) is 15.9 Å². The molecule has 2 aromatic carbocycles. The smallest absolute Gasteiger partial charge is 0.257 e. The molecular formula is C19H21BrN4O3S2. The van der Waals surface area contributed by atoms with Crippen LogP contribution in [0.5, 0.6) is 0 Å². The molecule has 2 N–H and O–H groups in total. The van der Waals surface area contributed by atoms with Crippen LogP contribution in [-0.2, 0) is 10.0 Å². The van der Waals surface area contributed by atoms with Crippen molar-refractivity contribution in [2.75, 3.05) is 38.5 Å². The van der Waals surface area contributed by atoms with E-state index in [4.69, 9.17) is 12.2 Å². The summed E-state index contributed by atoms with van der Waals surface area (Å²) in [5.74, 6) is -0.329. The van der Waals surface area contributed by atoms with Crippen molar-refractivity contribution in [1.82, 2.24) is 14.5 Å². The summed E-state index contributed by atoms with van der Waals surface area (Å²) in [6, 6.07) is 13.2. The van der Waals surface area contributed by atoms with Crippen molar-refractivity contribution in [3.05, 3.63) is 58.6 Å². The Morgan fingerprint density at radius 1 is 1.00 bits per heavy atom. The molecule has 0 radical (unpaired) electrons. The third kappa shape index (κ3) is 5.61. The van der Waals surface area contributed by atoms with Crippen LogP contribution in [-0.4, -0.2) is 61.9 Å². The first-order valence-electron chi connectivity index (χ1n) is 8.92. The lowest BCUT2D eigenvalue weighted by Crippen LogP contribution is -2.46. The normalized spacial score (nSPS) is 15.7. The highest BCUT2D eigenvalue weighted by molar-refractivity contribution is 9.10. The first-order valence-corrected chi connectivity index (χ1v) is 11.6. The van der Waals surface area contributed by atoms with Crippen molar-refractivity contribution in [2.45, 2.75) is 4.90 Å². The molecule has 29 heavy (non-hydrogen) atoms. The molecule has 0 aromatic heterocycles. The number of thiocarbonyl (C=S) groups is 1. The quantitative estimate of drug-likeness (QED) is 0.632. The molecule has 0 spiro atoms. The number of sulfonamides is 1. The van der Waals surface area contributed by atoms with Gasteiger partial charge < -0.3 is 10.2 Å². The van der Waals surface area contributed by atoms with Gasteiger partial charge in [-0.1, -0.05) is 15.9 Å². The van der Waals surface area contributed by atoms with E-state index in [0.29, 0.717) is 37.4 Å². The fourth-order valence-corrected chi connectivity index (χ4v) is 4.72. The highest BCUT2D eigenvalue weighted by Gasteiger charge is 2.27. The Hall–Kier alpha value is -1.85. The lowest BCUT2D eigenvalue weighted by molar-refractivity contribution is 0.0977. The van der Waals surface area contributed by atoms with Crippen molar-refractivity contribution in [3.8, 4) is 0 Å². The standard InChI is InChI=1S/C19H21BrN4O3S2/c1-23-10-12-24(13-11-23)29(26,27)17-8-6-16(7-9-17)21-19(28)22-18(25)14-2-4-15(20)5-3-14/h2-9H,10-13H2,1H3,(H2,21,22,25,28). The van der Waals surface area contributed by atoms with Gasteiger partial charge in [0.1, 0.15) is 0 Å². The second-order valence-electron chi connectivity index (χ2n) is 6.65. The molecule has 154 valence electrons. The maximum absolute atomic E-state index is 12.8. The minimum Gasteiger partial charge on any atom is -0.332 e. The number of likely N-dealkylation sites (N-methyl/N-ethyl adjacent to an activating group) is 1. The van der Waals surface area contributed by atoms with E-state index in [1.807, 2.05) is 7.05 Å². The molecule has 1 fully saturated rings. The van der Waals surface area contributed by atoms with Crippen LogP contribution in [0.3, 0.4) is 0 Å². The molecule has 1 heterocycles. The largest absolute Gasteiger partial charge is 0.332 e. The summed E-state index contributed by atoms with van der Waals surface area (Å²) in [7, 11) is -1.54. The number of rotatable bonds is 4. The zero-order valence-corrected chi connectivity index (χ0v) is 19.0. The SMILES string of the molecule is CN1CCN(S(=O)(=O)c2ccc(NC(=S)NC(=O)c3ccc(Br)cc3)cc2)CC1. The Balaban J connectivity index is 1.60. The number of amides is 1. The molecule has 0 atom stereocenters. The van der Waals surface area contributed by atoms with Gasteiger partial charge in [0.25, 0.3) is 5.91 Å². The summed E-state index contributed by atoms with van der Waals surface area (Å²) in [6.45, 7) is 2.38. The van der Waals surface area contributed by atoms with Gasteiger partial charge in [-0.05, 0) is 67.8 Å². The number of anilines is 1. The van der Waals surface area contributed by atoms with Gasteiger partial charge in [-0.2, -0.15) is 4.31 Å². The molecular weight excluding hydrogens is 476 g/mol. The fourth-order valence-electron chi connectivity index (χ4n) is 2.83. The van der Waals surface area contributed by atoms with Crippen molar-refractivity contribution in [2.24, 2.45) is 0 Å². The molecule has 1 aliphatic rings. The Morgan fingerprint density at radius 3 is 2.17 bits per heavy atom. The van der Waals surface area contributed by atoms with Crippen molar-refractivity contribution >= 4 is 54.9 Å². The molecule has 1 aliphatic heterocycles. The lowest BCUT2D eigenvalue weighted by atomic mass is 10.2. The number of halogens is 1. The van der Waals surface area contributed by atoms with Gasteiger partial charge in [0.05, 0.1) is 4.90 Å². The van der Waals surface area contributed by atoms with E-state index >= 15 is 0 Å². The van der Waals surface area contributed by atoms with E-state index in [2.05, 4.69) is 31.5 Å². The molecule has 1 amide bonds. The maximum Gasteiger partial charge on any atom is 0.257 e. The third-order valence-corrected chi connectivity index (χ3v) is 7.19. The third-order valence-electron chi connectivity index (χ3n) is 4.55. The highest BCUT2D eigenvalue weighted by Crippen LogP contribution is 2.19. The number of carbonyl (C=O) groups excluding carboxylic acids is 1. The van der Waals surface area contributed by atoms with Gasteiger partial charge in [0.2, 0.25) is 10.0 Å². The first-order chi connectivity index (χ1) is 13.8. The van der Waals surface area contributed by atoms with Crippen LogP contribution in [0.1, 0.15) is 10.4 Å². The topological polar surface area (TPSA) is 81.8 Å². The number of nitrogens with one attached hydrogen (secondary N) is 2. The second kappa shape index (κ2) is 9.31. The molecule has 10 heteroatoms. The summed E-state index contributed by atoms with van der Waals surface area (Å²) in [5.41, 5.74) is 1.06. The Bertz CT molecular complexity index is 987. The molecule has 7 nitrogen and oxygen atoms in total. The van der Waals surface area contributed by atoms with E-state index in [0.717, 1.165) is 4.47 Å². The van der Waals surface area contributed by atoms with Gasteiger partial charge in [0.15, 0.2) is 5.11 Å². The van der Waals surface area contributed by atoms with Crippen LogP contribution in [0, 0.1) is 0 Å². The molecule has 3 rings (SSSR count). The Kier molecular flexibility index (Phi) is 7.01. The van der Waals surface area contributed by atoms with Crippen molar-refractivity contribution < 1.29 is 13.2 Å². The van der Waals surface area contributed by atoms with Crippen LogP contribution >= 0.6 is 28.1 Å². The zero-order valence-electron chi connectivity index (χ0n) is 15.8. The number of benzene rings is 2. The molecule has 2 aromatic rings. The molecule has 1 saturated heterocycles. The van der Waals surface area contributed by atoms with E-state index < -0.39 is 10.0 Å². The minimum atomic E-state index is -3.52. The molecule has 0 aliphatic carbocycles. The molecule has 0 bridgehead atoms. The van der Waals surface area contributed by atoms with Crippen molar-refractivity contribution in [3.63, 3.8) is 0 Å². The summed E-state index contributed by atoms with van der Waals surface area (Å²) >= 11 is 8.49. The lowest BCUT2D eigenvalue weighted by Gasteiger charge is -2.31. The van der Waals surface area contributed by atoms with Crippen LogP contribution in [0.4, 0.5) is 5.69 Å². The maximum atomic E-state index is 12.8. The Morgan fingerprint density at radius 2 is 1.59 bits per heavy atom. The fraction of sp³-hybridized carbons (Fsp3) is 0.263. The number of hydrogen-bond acceptors (Lipinski definition) is 5. The van der Waals surface area contributed by atoms with E-state index in [1.165, 1.54) is 16.4 Å². The minimum absolute atomic E-state index is 0.132. The average molecular weight is 497 g/mol. The van der Waals surface area contributed by atoms with Crippen LogP contribution in [0.15, 0.2) is 57.9 Å². The number of carbonyl (C=O) groups is 1. The van der Waals surface area contributed by atoms with Gasteiger partial charge >= 0.3 is 0 Å². The number of hydrogen-bond donors (Lipinski definition) is 2. The Labute approximate surface area is 184 Å². The van der Waals surface area contributed by atoms with Crippen molar-refractivity contribution in [1.29, 1.82) is 0 Å². The van der Waals surface area contributed by atoms with Gasteiger partial charge in [-0.3, -0.25) is 10.1 Å². The predicted octanol–water partition coefficient (Wildman–Crippen LogP) is 2.51. The average Bonchev–Trinajstić information content (AvgIpc) is 2.69. The number of nitrogens with zero attached hydrogens (tertiary/aromatic N) is 2. The predicted molar refractivity (Wildman–Crippen MR) is 121 cm³/mol. The first kappa shape index (κ1) is 21.8. The van der Waals surface area contributed by atoms with Crippen LogP contribution < -0.4 is 10.6 Å². The van der Waals surface area contributed by atoms with Crippen LogP contribution in [0.25, 0.3) is 0 Å². The molecule has 0 unspecified atom stereocenters. The van der Waals surface area contributed by atoms with E-state index in [9.17, 15) is 13.2 Å². The zero-order chi connectivity index (χ0) is 21.0. The number of piperazine rings is 1. The van der Waals surface area contributed by atoms with Gasteiger partial charge in [-0.15, -0.1) is 0 Å². The summed E-state index contributed by atoms with van der Waals surface area (Å²) < 4.78 is 27.9. The summed E-state index contributed by atoms with van der Waals surface area (Å²) in [6.07, 6.45) is 0.